The second-order valence-electron chi connectivity index (χ2n) is 6.67. The fourth-order valence-electron chi connectivity index (χ4n) is 3.83. The molecule has 0 aromatic carbocycles. The van der Waals surface area contributed by atoms with E-state index in [9.17, 15) is 9.59 Å². The zero-order chi connectivity index (χ0) is 13.6. The number of amides is 2. The van der Waals surface area contributed by atoms with Crippen molar-refractivity contribution in [2.75, 3.05) is 7.05 Å². The van der Waals surface area contributed by atoms with Crippen molar-refractivity contribution in [3.05, 3.63) is 0 Å². The molecule has 1 saturated heterocycles. The van der Waals surface area contributed by atoms with E-state index >= 15 is 0 Å². The summed E-state index contributed by atoms with van der Waals surface area (Å²) < 4.78 is 0. The molecule has 1 N–H and O–H groups in total. The molecule has 2 atom stereocenters. The van der Waals surface area contributed by atoms with Crippen molar-refractivity contribution in [3.8, 4) is 0 Å². The number of carbonyl (C=O) groups excluding carboxylic acids is 2. The first kappa shape index (κ1) is 12.9. The third-order valence-electron chi connectivity index (χ3n) is 5.53. The third kappa shape index (κ3) is 1.96. The van der Waals surface area contributed by atoms with Crippen molar-refractivity contribution in [2.24, 2.45) is 11.8 Å². The molecule has 0 bridgehead atoms. The van der Waals surface area contributed by atoms with Crippen LogP contribution in [0.4, 0.5) is 0 Å². The van der Waals surface area contributed by atoms with Gasteiger partial charge in [-0.15, -0.1) is 0 Å². The van der Waals surface area contributed by atoms with Crippen molar-refractivity contribution in [1.29, 1.82) is 0 Å². The van der Waals surface area contributed by atoms with E-state index in [1.165, 1.54) is 19.3 Å². The van der Waals surface area contributed by atoms with E-state index in [1.54, 1.807) is 4.90 Å². The van der Waals surface area contributed by atoms with E-state index in [0.717, 1.165) is 25.7 Å². The highest BCUT2D eigenvalue weighted by Gasteiger charge is 2.56. The van der Waals surface area contributed by atoms with E-state index in [2.05, 4.69) is 5.32 Å². The van der Waals surface area contributed by atoms with Gasteiger partial charge in [-0.3, -0.25) is 9.59 Å². The fraction of sp³-hybridized carbons (Fsp3) is 0.867. The van der Waals surface area contributed by atoms with E-state index in [0.29, 0.717) is 11.8 Å². The Kier molecular flexibility index (Phi) is 3.06. The number of nitrogens with zero attached hydrogens (tertiary/aromatic N) is 1. The van der Waals surface area contributed by atoms with Crippen molar-refractivity contribution in [1.82, 2.24) is 10.2 Å². The summed E-state index contributed by atoms with van der Waals surface area (Å²) in [6, 6.07) is -0.273. The summed E-state index contributed by atoms with van der Waals surface area (Å²) in [6.07, 6.45) is 7.92. The fourth-order valence-corrected chi connectivity index (χ4v) is 3.83. The number of rotatable bonds is 2. The zero-order valence-corrected chi connectivity index (χ0v) is 11.9. The van der Waals surface area contributed by atoms with Gasteiger partial charge in [0.2, 0.25) is 11.8 Å². The largest absolute Gasteiger partial charge is 0.342 e. The smallest absolute Gasteiger partial charge is 0.246 e. The molecule has 2 saturated carbocycles. The number of carbonyl (C=O) groups is 2. The van der Waals surface area contributed by atoms with Gasteiger partial charge in [-0.2, -0.15) is 0 Å². The van der Waals surface area contributed by atoms with Gasteiger partial charge in [0.05, 0.1) is 0 Å². The SMILES string of the molecule is CN1C(=O)C(C2CCCCC2)NC(=O)C1(C)C1CC1. The van der Waals surface area contributed by atoms with Gasteiger partial charge < -0.3 is 10.2 Å². The van der Waals surface area contributed by atoms with Crippen LogP contribution in [-0.4, -0.2) is 35.3 Å². The number of nitrogens with one attached hydrogen (secondary N) is 1. The Balaban J connectivity index is 1.79. The van der Waals surface area contributed by atoms with Crippen LogP contribution in [0.25, 0.3) is 0 Å². The molecule has 3 aliphatic rings. The van der Waals surface area contributed by atoms with Crippen LogP contribution in [0, 0.1) is 11.8 Å². The van der Waals surface area contributed by atoms with Crippen LogP contribution in [0.5, 0.6) is 0 Å². The van der Waals surface area contributed by atoms with Crippen LogP contribution >= 0.6 is 0 Å². The third-order valence-corrected chi connectivity index (χ3v) is 5.53. The Bertz CT molecular complexity index is 399. The first-order valence-corrected chi connectivity index (χ1v) is 7.64. The Labute approximate surface area is 114 Å². The molecule has 19 heavy (non-hydrogen) atoms. The number of hydrogen-bond donors (Lipinski definition) is 1. The monoisotopic (exact) mass is 264 g/mol. The van der Waals surface area contributed by atoms with Crippen molar-refractivity contribution >= 4 is 11.8 Å². The lowest BCUT2D eigenvalue weighted by atomic mass is 9.80. The van der Waals surface area contributed by atoms with Crippen LogP contribution < -0.4 is 5.32 Å². The van der Waals surface area contributed by atoms with E-state index in [1.807, 2.05) is 14.0 Å². The van der Waals surface area contributed by atoms with Gasteiger partial charge in [-0.05, 0) is 44.4 Å². The number of hydrogen-bond acceptors (Lipinski definition) is 2. The van der Waals surface area contributed by atoms with Crippen LogP contribution in [0.15, 0.2) is 0 Å². The van der Waals surface area contributed by atoms with Gasteiger partial charge in [0, 0.05) is 7.05 Å². The molecule has 3 rings (SSSR count). The normalized spacial score (nSPS) is 37.4. The van der Waals surface area contributed by atoms with Gasteiger partial charge in [0.15, 0.2) is 0 Å². The number of piperazine rings is 1. The molecule has 0 aromatic rings. The quantitative estimate of drug-likeness (QED) is 0.825. The molecule has 0 radical (unpaired) electrons. The molecule has 1 heterocycles. The lowest BCUT2D eigenvalue weighted by Gasteiger charge is -2.47. The Hall–Kier alpha value is -1.06. The second kappa shape index (κ2) is 4.50. The first-order valence-electron chi connectivity index (χ1n) is 7.64. The molecule has 0 aromatic heterocycles. The predicted molar refractivity (Wildman–Crippen MR) is 72.4 cm³/mol. The van der Waals surface area contributed by atoms with Crippen LogP contribution in [0.1, 0.15) is 51.9 Å². The summed E-state index contributed by atoms with van der Waals surface area (Å²) in [5.74, 6) is 0.888. The maximum Gasteiger partial charge on any atom is 0.246 e. The van der Waals surface area contributed by atoms with Gasteiger partial charge in [0.25, 0.3) is 0 Å². The highest BCUT2D eigenvalue weighted by Crippen LogP contribution is 2.45. The zero-order valence-electron chi connectivity index (χ0n) is 11.9. The average molecular weight is 264 g/mol. The number of likely N-dealkylation sites (N-methyl/N-ethyl adjacent to an activating group) is 1. The molecular weight excluding hydrogens is 240 g/mol. The molecule has 106 valence electrons. The first-order chi connectivity index (χ1) is 9.05. The lowest BCUT2D eigenvalue weighted by Crippen LogP contribution is -2.70. The highest BCUT2D eigenvalue weighted by molar-refractivity contribution is 6.00. The van der Waals surface area contributed by atoms with E-state index < -0.39 is 5.54 Å². The molecule has 1 aliphatic heterocycles. The molecule has 4 nitrogen and oxygen atoms in total. The minimum Gasteiger partial charge on any atom is -0.342 e. The maximum atomic E-state index is 12.6. The molecule has 2 aliphatic carbocycles. The molecule has 2 unspecified atom stereocenters. The summed E-state index contributed by atoms with van der Waals surface area (Å²) >= 11 is 0. The standard InChI is InChI=1S/C15H24N2O2/c1-15(11-8-9-11)14(19)16-12(13(18)17(15)2)10-6-4-3-5-7-10/h10-12H,3-9H2,1-2H3,(H,16,19). The summed E-state index contributed by atoms with van der Waals surface area (Å²) in [5, 5.41) is 3.05. The van der Waals surface area contributed by atoms with Gasteiger partial charge in [-0.1, -0.05) is 19.3 Å². The topological polar surface area (TPSA) is 49.4 Å². The molecule has 4 heteroatoms. The Morgan fingerprint density at radius 3 is 2.32 bits per heavy atom. The van der Waals surface area contributed by atoms with Crippen LogP contribution in [0.3, 0.4) is 0 Å². The highest BCUT2D eigenvalue weighted by atomic mass is 16.2. The summed E-state index contributed by atoms with van der Waals surface area (Å²) in [6.45, 7) is 1.93. The average Bonchev–Trinajstić information content (AvgIpc) is 3.26. The molecule has 3 fully saturated rings. The Morgan fingerprint density at radius 1 is 1.11 bits per heavy atom. The summed E-state index contributed by atoms with van der Waals surface area (Å²) in [5.41, 5.74) is -0.609. The van der Waals surface area contributed by atoms with Gasteiger partial charge >= 0.3 is 0 Å². The Morgan fingerprint density at radius 2 is 1.74 bits per heavy atom. The second-order valence-corrected chi connectivity index (χ2v) is 6.67. The van der Waals surface area contributed by atoms with Crippen molar-refractivity contribution < 1.29 is 9.59 Å². The van der Waals surface area contributed by atoms with E-state index in [-0.39, 0.29) is 17.9 Å². The van der Waals surface area contributed by atoms with Gasteiger partial charge in [0.1, 0.15) is 11.6 Å². The molecule has 0 spiro atoms. The van der Waals surface area contributed by atoms with Gasteiger partial charge in [-0.25, -0.2) is 0 Å². The van der Waals surface area contributed by atoms with Crippen LogP contribution in [0.2, 0.25) is 0 Å². The molecule has 2 amide bonds. The minimum atomic E-state index is -0.609. The maximum absolute atomic E-state index is 12.6. The van der Waals surface area contributed by atoms with Crippen molar-refractivity contribution in [3.63, 3.8) is 0 Å². The summed E-state index contributed by atoms with van der Waals surface area (Å²) in [7, 11) is 1.81. The van der Waals surface area contributed by atoms with Crippen LogP contribution in [-0.2, 0) is 9.59 Å². The molecular formula is C15H24N2O2. The lowest BCUT2D eigenvalue weighted by molar-refractivity contribution is -0.157. The van der Waals surface area contributed by atoms with E-state index in [4.69, 9.17) is 0 Å². The summed E-state index contributed by atoms with van der Waals surface area (Å²) in [4.78, 5) is 26.9. The minimum absolute atomic E-state index is 0.0627. The predicted octanol–water partition coefficient (Wildman–Crippen LogP) is 1.69. The van der Waals surface area contributed by atoms with Crippen molar-refractivity contribution in [2.45, 2.75) is 63.5 Å².